The Bertz CT molecular complexity index is 933. The summed E-state index contributed by atoms with van der Waals surface area (Å²) in [5.41, 5.74) is 0.984. The van der Waals surface area contributed by atoms with Crippen LogP contribution in [0.15, 0.2) is 59.7 Å². The van der Waals surface area contributed by atoms with Crippen LogP contribution in [-0.2, 0) is 11.3 Å². The van der Waals surface area contributed by atoms with Gasteiger partial charge in [0.2, 0.25) is 0 Å². The van der Waals surface area contributed by atoms with Gasteiger partial charge in [-0.05, 0) is 30.3 Å². The number of rotatable bonds is 5. The largest absolute Gasteiger partial charge is 0.492 e. The van der Waals surface area contributed by atoms with E-state index < -0.39 is 5.97 Å². The first-order valence-corrected chi connectivity index (χ1v) is 7.44. The minimum absolute atomic E-state index is 0.104. The fourth-order valence-corrected chi connectivity index (χ4v) is 2.36. The molecule has 0 aliphatic heterocycles. The molecular weight excluding hydrogens is 308 g/mol. The molecule has 6 nitrogen and oxygen atoms in total. The highest BCUT2D eigenvalue weighted by atomic mass is 16.5. The van der Waals surface area contributed by atoms with E-state index in [0.29, 0.717) is 28.8 Å². The maximum atomic E-state index is 12.4. The number of aromatic nitrogens is 2. The van der Waals surface area contributed by atoms with Crippen LogP contribution in [0.1, 0.15) is 10.4 Å². The van der Waals surface area contributed by atoms with Crippen LogP contribution >= 0.6 is 0 Å². The van der Waals surface area contributed by atoms with Gasteiger partial charge >= 0.3 is 5.97 Å². The Morgan fingerprint density at radius 1 is 1.17 bits per heavy atom. The number of hydrogen-bond donors (Lipinski definition) is 0. The van der Waals surface area contributed by atoms with E-state index in [1.807, 2.05) is 12.1 Å². The molecule has 3 aromatic rings. The molecule has 1 aromatic heterocycles. The first kappa shape index (κ1) is 15.7. The Kier molecular flexibility index (Phi) is 4.56. The fraction of sp³-hybridized carbons (Fsp3) is 0.167. The van der Waals surface area contributed by atoms with Gasteiger partial charge in [0.25, 0.3) is 5.56 Å². The molecule has 0 aliphatic carbocycles. The van der Waals surface area contributed by atoms with Crippen LogP contribution in [0.2, 0.25) is 0 Å². The Hall–Kier alpha value is -3.15. The van der Waals surface area contributed by atoms with Crippen LogP contribution in [0.5, 0.6) is 5.75 Å². The molecule has 0 fully saturated rings. The number of hydrogen-bond acceptors (Lipinski definition) is 5. The van der Waals surface area contributed by atoms with Crippen LogP contribution in [0.3, 0.4) is 0 Å². The highest BCUT2D eigenvalue weighted by molar-refractivity contribution is 5.89. The molecule has 0 saturated heterocycles. The Labute approximate surface area is 138 Å². The molecule has 2 aromatic carbocycles. The van der Waals surface area contributed by atoms with Gasteiger partial charge in [0, 0.05) is 0 Å². The fourth-order valence-electron chi connectivity index (χ4n) is 2.36. The lowest BCUT2D eigenvalue weighted by Crippen LogP contribution is -2.23. The molecule has 0 bridgehead atoms. The van der Waals surface area contributed by atoms with Crippen molar-refractivity contribution in [2.45, 2.75) is 6.54 Å². The number of nitrogens with zero attached hydrogens (tertiary/aromatic N) is 2. The van der Waals surface area contributed by atoms with Crippen molar-refractivity contribution in [1.82, 2.24) is 9.55 Å². The molecule has 122 valence electrons. The van der Waals surface area contributed by atoms with Gasteiger partial charge in [0.05, 0.1) is 36.4 Å². The van der Waals surface area contributed by atoms with Crippen molar-refractivity contribution in [3.63, 3.8) is 0 Å². The molecule has 1 heterocycles. The SMILES string of the molecule is COC(=O)c1cccc(OCCn2cnc3ccccc3c2=O)c1. The summed E-state index contributed by atoms with van der Waals surface area (Å²) in [6.45, 7) is 0.643. The number of carbonyl (C=O) groups excluding carboxylic acids is 1. The van der Waals surface area contributed by atoms with Gasteiger partial charge < -0.3 is 9.47 Å². The molecule has 3 rings (SSSR count). The number of methoxy groups -OCH3 is 1. The Morgan fingerprint density at radius 3 is 2.83 bits per heavy atom. The molecule has 0 N–H and O–H groups in total. The zero-order chi connectivity index (χ0) is 16.9. The van der Waals surface area contributed by atoms with Crippen LogP contribution in [0.25, 0.3) is 10.9 Å². The van der Waals surface area contributed by atoms with E-state index >= 15 is 0 Å². The van der Waals surface area contributed by atoms with Crippen molar-refractivity contribution in [1.29, 1.82) is 0 Å². The number of ether oxygens (including phenoxy) is 2. The Morgan fingerprint density at radius 2 is 2.00 bits per heavy atom. The number of carbonyl (C=O) groups is 1. The third kappa shape index (κ3) is 3.27. The number of para-hydroxylation sites is 1. The van der Waals surface area contributed by atoms with Gasteiger partial charge in [-0.1, -0.05) is 18.2 Å². The lowest BCUT2D eigenvalue weighted by atomic mass is 10.2. The van der Waals surface area contributed by atoms with Crippen molar-refractivity contribution in [3.8, 4) is 5.75 Å². The predicted molar refractivity (Wildman–Crippen MR) is 89.3 cm³/mol. The summed E-state index contributed by atoms with van der Waals surface area (Å²) in [6.07, 6.45) is 1.51. The van der Waals surface area contributed by atoms with Crippen molar-refractivity contribution in [3.05, 3.63) is 70.8 Å². The number of benzene rings is 2. The van der Waals surface area contributed by atoms with Gasteiger partial charge in [-0.15, -0.1) is 0 Å². The summed E-state index contributed by atoms with van der Waals surface area (Å²) in [5, 5.41) is 0.577. The average Bonchev–Trinajstić information content (AvgIpc) is 2.63. The molecule has 0 amide bonds. The molecule has 24 heavy (non-hydrogen) atoms. The lowest BCUT2D eigenvalue weighted by Gasteiger charge is -2.09. The Balaban J connectivity index is 1.70. The normalized spacial score (nSPS) is 10.5. The quantitative estimate of drug-likeness (QED) is 0.673. The van der Waals surface area contributed by atoms with Crippen molar-refractivity contribution >= 4 is 16.9 Å². The monoisotopic (exact) mass is 324 g/mol. The van der Waals surface area contributed by atoms with Crippen molar-refractivity contribution < 1.29 is 14.3 Å². The summed E-state index contributed by atoms with van der Waals surface area (Å²) in [6, 6.07) is 13.9. The van der Waals surface area contributed by atoms with Gasteiger partial charge in [-0.25, -0.2) is 9.78 Å². The minimum atomic E-state index is -0.421. The van der Waals surface area contributed by atoms with Crippen molar-refractivity contribution in [2.75, 3.05) is 13.7 Å². The first-order chi connectivity index (χ1) is 11.7. The number of fused-ring (bicyclic) bond motifs is 1. The molecule has 6 heteroatoms. The summed E-state index contributed by atoms with van der Waals surface area (Å²) in [4.78, 5) is 28.1. The van der Waals surface area contributed by atoms with E-state index in [4.69, 9.17) is 4.74 Å². The predicted octanol–water partition coefficient (Wildman–Crippen LogP) is 2.26. The third-order valence-corrected chi connectivity index (χ3v) is 3.59. The zero-order valence-electron chi connectivity index (χ0n) is 13.1. The maximum Gasteiger partial charge on any atom is 0.337 e. The molecule has 0 atom stereocenters. The minimum Gasteiger partial charge on any atom is -0.492 e. The smallest absolute Gasteiger partial charge is 0.337 e. The summed E-state index contributed by atoms with van der Waals surface area (Å²) in [7, 11) is 1.33. The molecular formula is C18H16N2O4. The maximum absolute atomic E-state index is 12.4. The van der Waals surface area contributed by atoms with Gasteiger partial charge in [0.1, 0.15) is 12.4 Å². The van der Waals surface area contributed by atoms with Crippen LogP contribution in [0.4, 0.5) is 0 Å². The standard InChI is InChI=1S/C18H16N2O4/c1-23-18(22)13-5-4-6-14(11-13)24-10-9-20-12-19-16-8-3-2-7-15(16)17(20)21/h2-8,11-12H,9-10H2,1H3. The summed E-state index contributed by atoms with van der Waals surface area (Å²) >= 11 is 0. The molecule has 0 aliphatic rings. The highest BCUT2D eigenvalue weighted by Gasteiger charge is 2.07. The van der Waals surface area contributed by atoms with Gasteiger partial charge in [-0.3, -0.25) is 9.36 Å². The zero-order valence-corrected chi connectivity index (χ0v) is 13.1. The average molecular weight is 324 g/mol. The lowest BCUT2D eigenvalue weighted by molar-refractivity contribution is 0.0600. The van der Waals surface area contributed by atoms with Crippen LogP contribution in [0, 0.1) is 0 Å². The molecule has 0 spiro atoms. The summed E-state index contributed by atoms with van der Waals surface area (Å²) in [5.74, 6) is 0.120. The molecule has 0 saturated carbocycles. The molecule has 0 unspecified atom stereocenters. The topological polar surface area (TPSA) is 70.4 Å². The second-order valence-electron chi connectivity index (χ2n) is 5.13. The van der Waals surface area contributed by atoms with E-state index in [2.05, 4.69) is 9.72 Å². The summed E-state index contributed by atoms with van der Waals surface area (Å²) < 4.78 is 11.8. The van der Waals surface area contributed by atoms with Gasteiger partial charge in [0.15, 0.2) is 0 Å². The second kappa shape index (κ2) is 6.95. The molecule has 0 radical (unpaired) electrons. The van der Waals surface area contributed by atoms with E-state index in [9.17, 15) is 9.59 Å². The van der Waals surface area contributed by atoms with E-state index in [-0.39, 0.29) is 12.2 Å². The van der Waals surface area contributed by atoms with E-state index in [1.165, 1.54) is 18.0 Å². The number of esters is 1. The second-order valence-corrected chi connectivity index (χ2v) is 5.13. The first-order valence-electron chi connectivity index (χ1n) is 7.44. The van der Waals surface area contributed by atoms with Crippen molar-refractivity contribution in [2.24, 2.45) is 0 Å². The van der Waals surface area contributed by atoms with Crippen LogP contribution in [-0.4, -0.2) is 29.2 Å². The highest BCUT2D eigenvalue weighted by Crippen LogP contribution is 2.14. The van der Waals surface area contributed by atoms with E-state index in [0.717, 1.165) is 0 Å². The third-order valence-electron chi connectivity index (χ3n) is 3.59. The van der Waals surface area contributed by atoms with E-state index in [1.54, 1.807) is 36.4 Å². The van der Waals surface area contributed by atoms with Gasteiger partial charge in [-0.2, -0.15) is 0 Å². The van der Waals surface area contributed by atoms with Crippen LogP contribution < -0.4 is 10.3 Å².